The summed E-state index contributed by atoms with van der Waals surface area (Å²) in [4.78, 5) is 12.5. The standard InChI is InChI=1S/C19H19NO3/c1-13-16-11-18(23-3)17(22-2)9-15(16)10-19(21)20(13)12-14-7-5-4-6-8-14/h4-11H,12H2,1-3H3. The first kappa shape index (κ1) is 15.2. The molecule has 118 valence electrons. The molecule has 0 spiro atoms. The summed E-state index contributed by atoms with van der Waals surface area (Å²) >= 11 is 0. The highest BCUT2D eigenvalue weighted by molar-refractivity contribution is 5.87. The first-order valence-electron chi connectivity index (χ1n) is 7.44. The van der Waals surface area contributed by atoms with Gasteiger partial charge in [-0.2, -0.15) is 0 Å². The molecule has 0 saturated heterocycles. The van der Waals surface area contributed by atoms with Crippen LogP contribution in [0, 0.1) is 6.92 Å². The summed E-state index contributed by atoms with van der Waals surface area (Å²) < 4.78 is 12.5. The maximum Gasteiger partial charge on any atom is 0.251 e. The summed E-state index contributed by atoms with van der Waals surface area (Å²) in [6.07, 6.45) is 0. The molecule has 0 saturated carbocycles. The molecule has 0 radical (unpaired) electrons. The molecule has 3 rings (SSSR count). The molecule has 2 aromatic carbocycles. The van der Waals surface area contributed by atoms with Crippen LogP contribution >= 0.6 is 0 Å². The molecule has 0 aliphatic rings. The van der Waals surface area contributed by atoms with E-state index in [1.807, 2.05) is 49.4 Å². The smallest absolute Gasteiger partial charge is 0.251 e. The molecule has 1 aromatic heterocycles. The third-order valence-electron chi connectivity index (χ3n) is 4.08. The third kappa shape index (κ3) is 2.80. The van der Waals surface area contributed by atoms with Crippen LogP contribution in [-0.4, -0.2) is 18.8 Å². The van der Waals surface area contributed by atoms with E-state index in [-0.39, 0.29) is 5.56 Å². The molecular weight excluding hydrogens is 290 g/mol. The Hall–Kier alpha value is -2.75. The van der Waals surface area contributed by atoms with Gasteiger partial charge < -0.3 is 14.0 Å². The second kappa shape index (κ2) is 6.16. The maximum atomic E-state index is 12.5. The van der Waals surface area contributed by atoms with Crippen LogP contribution < -0.4 is 15.0 Å². The number of nitrogens with zero attached hydrogens (tertiary/aromatic N) is 1. The molecule has 0 N–H and O–H groups in total. The quantitative estimate of drug-likeness (QED) is 0.742. The van der Waals surface area contributed by atoms with Gasteiger partial charge in [-0.25, -0.2) is 0 Å². The molecular formula is C19H19NO3. The van der Waals surface area contributed by atoms with Crippen molar-refractivity contribution < 1.29 is 9.47 Å². The second-order valence-electron chi connectivity index (χ2n) is 5.43. The van der Waals surface area contributed by atoms with E-state index >= 15 is 0 Å². The summed E-state index contributed by atoms with van der Waals surface area (Å²) in [6, 6.07) is 15.4. The van der Waals surface area contributed by atoms with Crippen molar-refractivity contribution in [2.24, 2.45) is 0 Å². The first-order chi connectivity index (χ1) is 11.1. The van der Waals surface area contributed by atoms with Crippen LogP contribution in [0.1, 0.15) is 11.3 Å². The Morgan fingerprint density at radius 1 is 0.957 bits per heavy atom. The van der Waals surface area contributed by atoms with Crippen LogP contribution in [-0.2, 0) is 6.54 Å². The largest absolute Gasteiger partial charge is 0.493 e. The van der Waals surface area contributed by atoms with E-state index < -0.39 is 0 Å². The van der Waals surface area contributed by atoms with Crippen molar-refractivity contribution in [2.45, 2.75) is 13.5 Å². The van der Waals surface area contributed by atoms with Gasteiger partial charge in [-0.3, -0.25) is 4.79 Å². The fourth-order valence-electron chi connectivity index (χ4n) is 2.81. The van der Waals surface area contributed by atoms with E-state index in [9.17, 15) is 4.79 Å². The van der Waals surface area contributed by atoms with Gasteiger partial charge in [0.1, 0.15) is 0 Å². The predicted molar refractivity (Wildman–Crippen MR) is 91.6 cm³/mol. The third-order valence-corrected chi connectivity index (χ3v) is 4.08. The van der Waals surface area contributed by atoms with Gasteiger partial charge in [-0.05, 0) is 30.0 Å². The van der Waals surface area contributed by atoms with Crippen LogP contribution in [0.4, 0.5) is 0 Å². The molecule has 1 heterocycles. The summed E-state index contributed by atoms with van der Waals surface area (Å²) in [7, 11) is 3.20. The van der Waals surface area contributed by atoms with Gasteiger partial charge >= 0.3 is 0 Å². The zero-order valence-electron chi connectivity index (χ0n) is 13.5. The Bertz CT molecular complexity index is 898. The Morgan fingerprint density at radius 2 is 1.61 bits per heavy atom. The van der Waals surface area contributed by atoms with Gasteiger partial charge in [0.15, 0.2) is 11.5 Å². The molecule has 0 fully saturated rings. The zero-order valence-corrected chi connectivity index (χ0v) is 13.5. The van der Waals surface area contributed by atoms with Crippen LogP contribution in [0.3, 0.4) is 0 Å². The Labute approximate surface area is 134 Å². The molecule has 0 bridgehead atoms. The van der Waals surface area contributed by atoms with Crippen LogP contribution in [0.5, 0.6) is 11.5 Å². The molecule has 0 unspecified atom stereocenters. The molecule has 23 heavy (non-hydrogen) atoms. The van der Waals surface area contributed by atoms with Crippen molar-refractivity contribution in [1.29, 1.82) is 0 Å². The fraction of sp³-hybridized carbons (Fsp3) is 0.211. The lowest BCUT2D eigenvalue weighted by molar-refractivity contribution is 0.356. The SMILES string of the molecule is COc1cc2cc(=O)n(Cc3ccccc3)c(C)c2cc1OC. The molecule has 3 aromatic rings. The Balaban J connectivity index is 2.18. The highest BCUT2D eigenvalue weighted by atomic mass is 16.5. The number of pyridine rings is 1. The van der Waals surface area contributed by atoms with Crippen molar-refractivity contribution in [3.05, 3.63) is 70.1 Å². The van der Waals surface area contributed by atoms with E-state index in [0.29, 0.717) is 18.0 Å². The van der Waals surface area contributed by atoms with Crippen molar-refractivity contribution in [1.82, 2.24) is 4.57 Å². The van der Waals surface area contributed by atoms with Gasteiger partial charge in [0, 0.05) is 17.1 Å². The minimum absolute atomic E-state index is 0.0222. The average molecular weight is 309 g/mol. The summed E-state index contributed by atoms with van der Waals surface area (Å²) in [5.74, 6) is 1.28. The van der Waals surface area contributed by atoms with Crippen molar-refractivity contribution in [3.8, 4) is 11.5 Å². The van der Waals surface area contributed by atoms with E-state index in [1.54, 1.807) is 24.9 Å². The van der Waals surface area contributed by atoms with Crippen LogP contribution in [0.2, 0.25) is 0 Å². The van der Waals surface area contributed by atoms with Crippen LogP contribution in [0.15, 0.2) is 53.3 Å². The number of benzene rings is 2. The second-order valence-corrected chi connectivity index (χ2v) is 5.43. The molecule has 0 amide bonds. The molecule has 4 nitrogen and oxygen atoms in total. The molecule has 4 heteroatoms. The van der Waals surface area contributed by atoms with Crippen molar-refractivity contribution >= 4 is 10.8 Å². The molecule has 0 aliphatic heterocycles. The number of aromatic nitrogens is 1. The van der Waals surface area contributed by atoms with Gasteiger partial charge in [-0.1, -0.05) is 30.3 Å². The van der Waals surface area contributed by atoms with Crippen molar-refractivity contribution in [2.75, 3.05) is 14.2 Å². The van der Waals surface area contributed by atoms with E-state index in [4.69, 9.17) is 9.47 Å². The van der Waals surface area contributed by atoms with E-state index in [0.717, 1.165) is 22.0 Å². The normalized spacial score (nSPS) is 10.7. The zero-order chi connectivity index (χ0) is 16.4. The minimum Gasteiger partial charge on any atom is -0.493 e. The minimum atomic E-state index is -0.0222. The lowest BCUT2D eigenvalue weighted by atomic mass is 10.1. The van der Waals surface area contributed by atoms with Crippen molar-refractivity contribution in [3.63, 3.8) is 0 Å². The summed E-state index contributed by atoms with van der Waals surface area (Å²) in [5, 5.41) is 1.84. The summed E-state index contributed by atoms with van der Waals surface area (Å²) in [6.45, 7) is 2.51. The van der Waals surface area contributed by atoms with E-state index in [2.05, 4.69) is 0 Å². The predicted octanol–water partition coefficient (Wildman–Crippen LogP) is 3.38. The monoisotopic (exact) mass is 309 g/mol. The highest BCUT2D eigenvalue weighted by Crippen LogP contribution is 2.32. The van der Waals surface area contributed by atoms with Gasteiger partial charge in [0.2, 0.25) is 0 Å². The molecule has 0 atom stereocenters. The Kier molecular flexibility index (Phi) is 4.06. The number of fused-ring (bicyclic) bond motifs is 1. The van der Waals surface area contributed by atoms with Gasteiger partial charge in [-0.15, -0.1) is 0 Å². The first-order valence-corrected chi connectivity index (χ1v) is 7.44. The van der Waals surface area contributed by atoms with Gasteiger partial charge in [0.05, 0.1) is 20.8 Å². The lowest BCUT2D eigenvalue weighted by Crippen LogP contribution is -2.22. The Morgan fingerprint density at radius 3 is 2.26 bits per heavy atom. The number of hydrogen-bond donors (Lipinski definition) is 0. The average Bonchev–Trinajstić information content (AvgIpc) is 2.58. The number of ether oxygens (including phenoxy) is 2. The lowest BCUT2D eigenvalue weighted by Gasteiger charge is -2.15. The number of aryl methyl sites for hydroxylation is 1. The maximum absolute atomic E-state index is 12.5. The molecule has 0 aliphatic carbocycles. The number of rotatable bonds is 4. The van der Waals surface area contributed by atoms with Gasteiger partial charge in [0.25, 0.3) is 5.56 Å². The van der Waals surface area contributed by atoms with Crippen LogP contribution in [0.25, 0.3) is 10.8 Å². The summed E-state index contributed by atoms with van der Waals surface area (Å²) in [5.41, 5.74) is 1.99. The fourth-order valence-corrected chi connectivity index (χ4v) is 2.81. The highest BCUT2D eigenvalue weighted by Gasteiger charge is 2.12. The number of methoxy groups -OCH3 is 2. The topological polar surface area (TPSA) is 40.5 Å². The number of hydrogen-bond acceptors (Lipinski definition) is 3. The van der Waals surface area contributed by atoms with E-state index in [1.165, 1.54) is 0 Å².